The summed E-state index contributed by atoms with van der Waals surface area (Å²) < 4.78 is 1.78. The van der Waals surface area contributed by atoms with E-state index in [-0.39, 0.29) is 6.54 Å². The quantitative estimate of drug-likeness (QED) is 0.882. The zero-order valence-electron chi connectivity index (χ0n) is 10.4. The van der Waals surface area contributed by atoms with Crippen molar-refractivity contribution >= 4 is 17.0 Å². The topological polar surface area (TPSA) is 55.1 Å². The molecule has 0 atom stereocenters. The van der Waals surface area contributed by atoms with Crippen LogP contribution >= 0.6 is 0 Å². The van der Waals surface area contributed by atoms with Crippen LogP contribution in [-0.4, -0.2) is 20.6 Å². The van der Waals surface area contributed by atoms with Crippen LogP contribution in [0.3, 0.4) is 0 Å². The van der Waals surface area contributed by atoms with Crippen molar-refractivity contribution in [1.29, 1.82) is 0 Å². The average molecular weight is 244 g/mol. The van der Waals surface area contributed by atoms with Crippen LogP contribution in [-0.2, 0) is 24.2 Å². The molecule has 0 radical (unpaired) electrons. The molecular formula is C14H16N2O2. The maximum absolute atomic E-state index is 10.9. The zero-order valence-corrected chi connectivity index (χ0v) is 10.4. The van der Waals surface area contributed by atoms with Gasteiger partial charge in [-0.15, -0.1) is 0 Å². The maximum atomic E-state index is 10.9. The Kier molecular flexibility index (Phi) is 2.58. The van der Waals surface area contributed by atoms with E-state index in [0.29, 0.717) is 0 Å². The molecule has 3 rings (SSSR count). The molecule has 1 aromatic carbocycles. The van der Waals surface area contributed by atoms with Gasteiger partial charge in [0.15, 0.2) is 0 Å². The van der Waals surface area contributed by atoms with Gasteiger partial charge in [0.2, 0.25) is 0 Å². The van der Waals surface area contributed by atoms with Gasteiger partial charge in [-0.1, -0.05) is 0 Å². The first-order chi connectivity index (χ1) is 8.65. The normalized spacial score (nSPS) is 14.7. The lowest BCUT2D eigenvalue weighted by molar-refractivity contribution is -0.137. The first kappa shape index (κ1) is 11.3. The monoisotopic (exact) mass is 244 g/mol. The SMILES string of the molecule is Cc1nc2cc3c(cc2n1CC(=O)O)CCCC3. The summed E-state index contributed by atoms with van der Waals surface area (Å²) in [6.07, 6.45) is 4.69. The minimum absolute atomic E-state index is 0.0128. The van der Waals surface area contributed by atoms with E-state index in [0.717, 1.165) is 29.7 Å². The highest BCUT2D eigenvalue weighted by Gasteiger charge is 2.15. The Balaban J connectivity index is 2.18. The van der Waals surface area contributed by atoms with Crippen molar-refractivity contribution in [1.82, 2.24) is 9.55 Å². The van der Waals surface area contributed by atoms with Crippen LogP contribution in [0.5, 0.6) is 0 Å². The van der Waals surface area contributed by atoms with Crippen molar-refractivity contribution < 1.29 is 9.90 Å². The number of hydrogen-bond donors (Lipinski definition) is 1. The average Bonchev–Trinajstić information content (AvgIpc) is 2.62. The summed E-state index contributed by atoms with van der Waals surface area (Å²) >= 11 is 0. The fraction of sp³-hybridized carbons (Fsp3) is 0.429. The molecule has 0 spiro atoms. The summed E-state index contributed by atoms with van der Waals surface area (Å²) in [4.78, 5) is 15.4. The van der Waals surface area contributed by atoms with Crippen LogP contribution in [0.1, 0.15) is 29.8 Å². The Morgan fingerprint density at radius 2 is 2.00 bits per heavy atom. The predicted octanol–water partition coefficient (Wildman–Crippen LogP) is 2.31. The van der Waals surface area contributed by atoms with Gasteiger partial charge < -0.3 is 9.67 Å². The van der Waals surface area contributed by atoms with E-state index in [2.05, 4.69) is 17.1 Å². The number of carboxylic acids is 1. The Hall–Kier alpha value is -1.84. The molecule has 0 bridgehead atoms. The molecule has 0 saturated heterocycles. The van der Waals surface area contributed by atoms with E-state index in [1.807, 2.05) is 6.92 Å². The Morgan fingerprint density at radius 1 is 1.33 bits per heavy atom. The lowest BCUT2D eigenvalue weighted by Crippen LogP contribution is -2.10. The summed E-state index contributed by atoms with van der Waals surface area (Å²) in [5, 5.41) is 8.96. The molecule has 1 N–H and O–H groups in total. The number of aromatic nitrogens is 2. The molecule has 0 unspecified atom stereocenters. The van der Waals surface area contributed by atoms with E-state index in [1.54, 1.807) is 4.57 Å². The van der Waals surface area contributed by atoms with Crippen LogP contribution < -0.4 is 0 Å². The van der Waals surface area contributed by atoms with E-state index < -0.39 is 5.97 Å². The molecule has 18 heavy (non-hydrogen) atoms. The summed E-state index contributed by atoms with van der Waals surface area (Å²) in [5.41, 5.74) is 4.62. The van der Waals surface area contributed by atoms with E-state index in [1.165, 1.54) is 24.0 Å². The number of hydrogen-bond acceptors (Lipinski definition) is 2. The number of nitrogens with zero attached hydrogens (tertiary/aromatic N) is 2. The molecular weight excluding hydrogens is 228 g/mol. The van der Waals surface area contributed by atoms with Gasteiger partial charge in [-0.25, -0.2) is 4.98 Å². The second kappa shape index (κ2) is 4.12. The van der Waals surface area contributed by atoms with Gasteiger partial charge in [-0.05, 0) is 55.9 Å². The van der Waals surface area contributed by atoms with Crippen LogP contribution in [0.2, 0.25) is 0 Å². The van der Waals surface area contributed by atoms with E-state index in [9.17, 15) is 4.79 Å². The summed E-state index contributed by atoms with van der Waals surface area (Å²) in [5.74, 6) is -0.0510. The van der Waals surface area contributed by atoms with Crippen LogP contribution in [0.25, 0.3) is 11.0 Å². The number of carbonyl (C=O) groups is 1. The highest BCUT2D eigenvalue weighted by Crippen LogP contribution is 2.27. The number of rotatable bonds is 2. The number of imidazole rings is 1. The predicted molar refractivity (Wildman–Crippen MR) is 68.7 cm³/mol. The summed E-state index contributed by atoms with van der Waals surface area (Å²) in [6, 6.07) is 4.27. The van der Waals surface area contributed by atoms with Crippen molar-refractivity contribution in [3.05, 3.63) is 29.1 Å². The van der Waals surface area contributed by atoms with Crippen molar-refractivity contribution in [3.8, 4) is 0 Å². The molecule has 4 heteroatoms. The fourth-order valence-corrected chi connectivity index (χ4v) is 2.81. The summed E-state index contributed by atoms with van der Waals surface area (Å²) in [6.45, 7) is 1.85. The van der Waals surface area contributed by atoms with Gasteiger partial charge in [-0.2, -0.15) is 0 Å². The molecule has 0 fully saturated rings. The molecule has 1 aromatic heterocycles. The van der Waals surface area contributed by atoms with Crippen molar-refractivity contribution in [2.45, 2.75) is 39.2 Å². The second-order valence-corrected chi connectivity index (χ2v) is 4.96. The maximum Gasteiger partial charge on any atom is 0.323 e. The van der Waals surface area contributed by atoms with Gasteiger partial charge >= 0.3 is 5.97 Å². The van der Waals surface area contributed by atoms with Crippen molar-refractivity contribution in [3.63, 3.8) is 0 Å². The Labute approximate surface area is 105 Å². The molecule has 0 aliphatic heterocycles. The highest BCUT2D eigenvalue weighted by atomic mass is 16.4. The molecule has 2 aromatic rings. The third kappa shape index (κ3) is 1.78. The molecule has 1 heterocycles. The molecule has 94 valence electrons. The van der Waals surface area contributed by atoms with Crippen LogP contribution in [0.15, 0.2) is 12.1 Å². The molecule has 0 saturated carbocycles. The minimum atomic E-state index is -0.824. The van der Waals surface area contributed by atoms with Gasteiger partial charge in [0.1, 0.15) is 12.4 Å². The lowest BCUT2D eigenvalue weighted by Gasteiger charge is -2.15. The largest absolute Gasteiger partial charge is 0.480 e. The van der Waals surface area contributed by atoms with Crippen molar-refractivity contribution in [2.75, 3.05) is 0 Å². The molecule has 0 amide bonds. The minimum Gasteiger partial charge on any atom is -0.480 e. The second-order valence-electron chi connectivity index (χ2n) is 4.96. The molecule has 4 nitrogen and oxygen atoms in total. The number of benzene rings is 1. The van der Waals surface area contributed by atoms with Crippen molar-refractivity contribution in [2.24, 2.45) is 0 Å². The number of aryl methyl sites for hydroxylation is 3. The van der Waals surface area contributed by atoms with E-state index >= 15 is 0 Å². The van der Waals surface area contributed by atoms with Gasteiger partial charge in [0.25, 0.3) is 0 Å². The fourth-order valence-electron chi connectivity index (χ4n) is 2.81. The van der Waals surface area contributed by atoms with Gasteiger partial charge in [0.05, 0.1) is 11.0 Å². The zero-order chi connectivity index (χ0) is 12.7. The van der Waals surface area contributed by atoms with Gasteiger partial charge in [0, 0.05) is 0 Å². The molecule has 1 aliphatic rings. The van der Waals surface area contributed by atoms with E-state index in [4.69, 9.17) is 5.11 Å². The standard InChI is InChI=1S/C14H16N2O2/c1-9-15-12-6-10-4-2-3-5-11(10)7-13(12)16(9)8-14(17)18/h6-7H,2-5,8H2,1H3,(H,17,18). The van der Waals surface area contributed by atoms with Crippen LogP contribution in [0.4, 0.5) is 0 Å². The molecule has 1 aliphatic carbocycles. The number of carboxylic acid groups (broad SMARTS) is 1. The van der Waals surface area contributed by atoms with Gasteiger partial charge in [-0.3, -0.25) is 4.79 Å². The third-order valence-electron chi connectivity index (χ3n) is 3.70. The summed E-state index contributed by atoms with van der Waals surface area (Å²) in [7, 11) is 0. The third-order valence-corrected chi connectivity index (χ3v) is 3.70. The Morgan fingerprint density at radius 3 is 2.67 bits per heavy atom. The number of fused-ring (bicyclic) bond motifs is 2. The lowest BCUT2D eigenvalue weighted by atomic mass is 9.91. The Bertz CT molecular complexity index is 628. The first-order valence-corrected chi connectivity index (χ1v) is 6.35. The van der Waals surface area contributed by atoms with Crippen LogP contribution in [0, 0.1) is 6.92 Å². The smallest absolute Gasteiger partial charge is 0.323 e. The highest BCUT2D eigenvalue weighted by molar-refractivity contribution is 5.80. The number of aliphatic carboxylic acids is 1. The first-order valence-electron chi connectivity index (χ1n) is 6.35.